The summed E-state index contributed by atoms with van der Waals surface area (Å²) in [4.78, 5) is 16.4. The number of amides is 1. The molecule has 4 heteroatoms. The fraction of sp³-hybridized carbons (Fsp3) is 0.571. The maximum absolute atomic E-state index is 12.3. The molecule has 3 rings (SSSR count). The molecule has 2 bridgehead atoms. The number of nitrogens with zero attached hydrogens (tertiary/aromatic N) is 1. The van der Waals surface area contributed by atoms with Crippen LogP contribution < -0.4 is 11.1 Å². The Morgan fingerprint density at radius 2 is 2.17 bits per heavy atom. The van der Waals surface area contributed by atoms with Gasteiger partial charge < -0.3 is 11.1 Å². The van der Waals surface area contributed by atoms with Crippen molar-refractivity contribution in [1.82, 2.24) is 4.98 Å². The summed E-state index contributed by atoms with van der Waals surface area (Å²) in [6, 6.07) is 1.98. The highest BCUT2D eigenvalue weighted by Gasteiger charge is 2.49. The van der Waals surface area contributed by atoms with E-state index in [4.69, 9.17) is 5.73 Å². The van der Waals surface area contributed by atoms with Gasteiger partial charge in [0.1, 0.15) is 0 Å². The zero-order valence-corrected chi connectivity index (χ0v) is 10.6. The molecule has 1 amide bonds. The number of aryl methyl sites for hydroxylation is 1. The van der Waals surface area contributed by atoms with Crippen molar-refractivity contribution in [2.75, 3.05) is 5.32 Å². The van der Waals surface area contributed by atoms with Crippen LogP contribution in [-0.4, -0.2) is 16.9 Å². The fourth-order valence-electron chi connectivity index (χ4n) is 3.57. The van der Waals surface area contributed by atoms with E-state index in [9.17, 15) is 4.79 Å². The molecule has 0 radical (unpaired) electrons. The van der Waals surface area contributed by atoms with Gasteiger partial charge in [-0.15, -0.1) is 0 Å². The summed E-state index contributed by atoms with van der Waals surface area (Å²) in [5.74, 6) is 1.11. The Morgan fingerprint density at radius 3 is 2.83 bits per heavy atom. The predicted octanol–water partition coefficient (Wildman–Crippen LogP) is 1.70. The number of carbonyl (C=O) groups is 1. The molecule has 0 saturated heterocycles. The first-order valence-corrected chi connectivity index (χ1v) is 6.63. The molecule has 0 spiro atoms. The second-order valence-corrected chi connectivity index (χ2v) is 5.68. The van der Waals surface area contributed by atoms with Crippen molar-refractivity contribution >= 4 is 11.6 Å². The van der Waals surface area contributed by atoms with Crippen molar-refractivity contribution in [3.8, 4) is 0 Å². The molecule has 4 nitrogen and oxygen atoms in total. The van der Waals surface area contributed by atoms with Crippen molar-refractivity contribution in [2.45, 2.75) is 32.2 Å². The van der Waals surface area contributed by atoms with E-state index in [1.54, 1.807) is 12.4 Å². The van der Waals surface area contributed by atoms with Crippen LogP contribution in [0.25, 0.3) is 0 Å². The average molecular weight is 245 g/mol. The Bertz CT molecular complexity index is 472. The number of anilines is 1. The minimum absolute atomic E-state index is 0.00994. The molecule has 4 unspecified atom stereocenters. The van der Waals surface area contributed by atoms with E-state index in [0.29, 0.717) is 11.8 Å². The molecule has 2 saturated carbocycles. The molecule has 2 aliphatic rings. The molecule has 1 heterocycles. The number of nitrogens with two attached hydrogens (primary N) is 1. The van der Waals surface area contributed by atoms with Crippen LogP contribution in [0.15, 0.2) is 18.5 Å². The maximum Gasteiger partial charge on any atom is 0.229 e. The van der Waals surface area contributed by atoms with Crippen LogP contribution in [0.3, 0.4) is 0 Å². The van der Waals surface area contributed by atoms with Crippen LogP contribution in [0.5, 0.6) is 0 Å². The summed E-state index contributed by atoms with van der Waals surface area (Å²) in [5.41, 5.74) is 7.99. The highest BCUT2D eigenvalue weighted by molar-refractivity contribution is 5.93. The molecular formula is C14H19N3O. The van der Waals surface area contributed by atoms with Crippen LogP contribution in [0, 0.1) is 24.7 Å². The quantitative estimate of drug-likeness (QED) is 0.833. The Balaban J connectivity index is 1.72. The third-order valence-corrected chi connectivity index (χ3v) is 4.43. The van der Waals surface area contributed by atoms with Crippen molar-refractivity contribution in [2.24, 2.45) is 23.5 Å². The zero-order valence-electron chi connectivity index (χ0n) is 10.6. The first kappa shape index (κ1) is 11.7. The zero-order chi connectivity index (χ0) is 12.7. The van der Waals surface area contributed by atoms with Gasteiger partial charge in [-0.05, 0) is 49.7 Å². The SMILES string of the molecule is Cc1cncc(NC(=O)C2C3CCC(C3)C2N)c1. The first-order chi connectivity index (χ1) is 8.65. The van der Waals surface area contributed by atoms with Gasteiger partial charge in [-0.3, -0.25) is 9.78 Å². The van der Waals surface area contributed by atoms with E-state index in [1.807, 2.05) is 13.0 Å². The monoisotopic (exact) mass is 245 g/mol. The van der Waals surface area contributed by atoms with Gasteiger partial charge in [0.25, 0.3) is 0 Å². The van der Waals surface area contributed by atoms with Gasteiger partial charge in [-0.1, -0.05) is 0 Å². The molecule has 3 N–H and O–H groups in total. The molecule has 96 valence electrons. The number of rotatable bonds is 2. The lowest BCUT2D eigenvalue weighted by Gasteiger charge is -2.26. The Morgan fingerprint density at radius 1 is 1.39 bits per heavy atom. The average Bonchev–Trinajstić information content (AvgIpc) is 2.89. The van der Waals surface area contributed by atoms with Crippen LogP contribution in [-0.2, 0) is 4.79 Å². The summed E-state index contributed by atoms with van der Waals surface area (Å²) < 4.78 is 0. The largest absolute Gasteiger partial charge is 0.327 e. The molecular weight excluding hydrogens is 226 g/mol. The van der Waals surface area contributed by atoms with E-state index >= 15 is 0 Å². The maximum atomic E-state index is 12.3. The fourth-order valence-corrected chi connectivity index (χ4v) is 3.57. The third-order valence-electron chi connectivity index (χ3n) is 4.43. The highest BCUT2D eigenvalue weighted by atomic mass is 16.2. The molecule has 4 atom stereocenters. The number of nitrogens with one attached hydrogen (secondary N) is 1. The molecule has 18 heavy (non-hydrogen) atoms. The van der Waals surface area contributed by atoms with E-state index in [1.165, 1.54) is 6.42 Å². The lowest BCUT2D eigenvalue weighted by atomic mass is 9.84. The summed E-state index contributed by atoms with van der Waals surface area (Å²) >= 11 is 0. The van der Waals surface area contributed by atoms with Crippen LogP contribution in [0.2, 0.25) is 0 Å². The molecule has 0 aromatic carbocycles. The Hall–Kier alpha value is -1.42. The van der Waals surface area contributed by atoms with Crippen molar-refractivity contribution in [3.63, 3.8) is 0 Å². The van der Waals surface area contributed by atoms with Crippen LogP contribution >= 0.6 is 0 Å². The normalized spacial score (nSPS) is 33.7. The van der Waals surface area contributed by atoms with Gasteiger partial charge in [-0.2, -0.15) is 0 Å². The number of hydrogen-bond donors (Lipinski definition) is 2. The Kier molecular flexibility index (Phi) is 2.82. The van der Waals surface area contributed by atoms with Crippen molar-refractivity contribution in [1.29, 1.82) is 0 Å². The molecule has 1 aromatic heterocycles. The van der Waals surface area contributed by atoms with E-state index in [-0.39, 0.29) is 17.9 Å². The van der Waals surface area contributed by atoms with Crippen LogP contribution in [0.1, 0.15) is 24.8 Å². The third kappa shape index (κ3) is 1.90. The van der Waals surface area contributed by atoms with E-state index in [2.05, 4.69) is 10.3 Å². The lowest BCUT2D eigenvalue weighted by Crippen LogP contribution is -2.42. The molecule has 2 aliphatic carbocycles. The van der Waals surface area contributed by atoms with E-state index in [0.717, 1.165) is 24.1 Å². The Labute approximate surface area is 107 Å². The van der Waals surface area contributed by atoms with Crippen molar-refractivity contribution in [3.05, 3.63) is 24.0 Å². The lowest BCUT2D eigenvalue weighted by molar-refractivity contribution is -0.121. The summed E-state index contributed by atoms with van der Waals surface area (Å²) in [7, 11) is 0. The second kappa shape index (κ2) is 4.35. The number of fused-ring (bicyclic) bond motifs is 2. The molecule has 1 aromatic rings. The van der Waals surface area contributed by atoms with Gasteiger partial charge >= 0.3 is 0 Å². The standard InChI is InChI=1S/C14H19N3O/c1-8-4-11(7-16-6-8)17-14(18)12-9-2-3-10(5-9)13(12)15/h4,6-7,9-10,12-13H,2-3,5,15H2,1H3,(H,17,18). The van der Waals surface area contributed by atoms with E-state index < -0.39 is 0 Å². The summed E-state index contributed by atoms with van der Waals surface area (Å²) in [6.07, 6.45) is 6.94. The van der Waals surface area contributed by atoms with Gasteiger partial charge in [0.2, 0.25) is 5.91 Å². The van der Waals surface area contributed by atoms with Gasteiger partial charge in [0, 0.05) is 12.2 Å². The number of aromatic nitrogens is 1. The molecule has 2 fully saturated rings. The second-order valence-electron chi connectivity index (χ2n) is 5.68. The molecule has 0 aliphatic heterocycles. The minimum Gasteiger partial charge on any atom is -0.327 e. The number of carbonyl (C=O) groups excluding carboxylic acids is 1. The number of hydrogen-bond acceptors (Lipinski definition) is 3. The highest BCUT2D eigenvalue weighted by Crippen LogP contribution is 2.47. The summed E-state index contributed by atoms with van der Waals surface area (Å²) in [5, 5.41) is 2.96. The van der Waals surface area contributed by atoms with Crippen LogP contribution in [0.4, 0.5) is 5.69 Å². The number of pyridine rings is 1. The topological polar surface area (TPSA) is 68.0 Å². The smallest absolute Gasteiger partial charge is 0.229 e. The minimum atomic E-state index is -0.00994. The van der Waals surface area contributed by atoms with Gasteiger partial charge in [0.15, 0.2) is 0 Å². The van der Waals surface area contributed by atoms with Crippen molar-refractivity contribution < 1.29 is 4.79 Å². The van der Waals surface area contributed by atoms with Gasteiger partial charge in [0.05, 0.1) is 17.8 Å². The predicted molar refractivity (Wildman–Crippen MR) is 69.9 cm³/mol. The first-order valence-electron chi connectivity index (χ1n) is 6.63. The summed E-state index contributed by atoms with van der Waals surface area (Å²) in [6.45, 7) is 1.96. The van der Waals surface area contributed by atoms with Gasteiger partial charge in [-0.25, -0.2) is 0 Å².